The van der Waals surface area contributed by atoms with Gasteiger partial charge in [0.2, 0.25) is 5.89 Å². The number of benzene rings is 1. The molecule has 0 spiro atoms. The van der Waals surface area contributed by atoms with Gasteiger partial charge in [0, 0.05) is 19.2 Å². The first-order valence-corrected chi connectivity index (χ1v) is 7.04. The molecule has 114 valence electrons. The second kappa shape index (κ2) is 7.17. The van der Waals surface area contributed by atoms with Crippen LogP contribution in [0.15, 0.2) is 28.7 Å². The first kappa shape index (κ1) is 15.4. The van der Waals surface area contributed by atoms with Crippen molar-refractivity contribution < 1.29 is 8.81 Å². The standard InChI is InChI=1S/C15H21FN4O/c1-11(2)8-17-9-14-18-19-15(21-14)20(3)10-12-6-4-5-7-13(12)16/h4-7,11,17H,8-10H2,1-3H3. The maximum absolute atomic E-state index is 13.6. The zero-order valence-corrected chi connectivity index (χ0v) is 12.6. The molecule has 0 atom stereocenters. The van der Waals surface area contributed by atoms with Gasteiger partial charge in [0.25, 0.3) is 0 Å². The average Bonchev–Trinajstić information content (AvgIpc) is 2.90. The molecule has 0 aliphatic heterocycles. The maximum Gasteiger partial charge on any atom is 0.318 e. The van der Waals surface area contributed by atoms with Crippen LogP contribution in [0.5, 0.6) is 0 Å². The zero-order chi connectivity index (χ0) is 15.2. The summed E-state index contributed by atoms with van der Waals surface area (Å²) in [5.74, 6) is 0.866. The number of nitrogens with zero attached hydrogens (tertiary/aromatic N) is 3. The lowest BCUT2D eigenvalue weighted by Gasteiger charge is -2.14. The van der Waals surface area contributed by atoms with Gasteiger partial charge in [-0.15, -0.1) is 5.10 Å². The van der Waals surface area contributed by atoms with E-state index in [1.807, 2.05) is 0 Å². The average molecular weight is 292 g/mol. The highest BCUT2D eigenvalue weighted by molar-refractivity contribution is 5.27. The smallest absolute Gasteiger partial charge is 0.318 e. The Morgan fingerprint density at radius 1 is 1.29 bits per heavy atom. The van der Waals surface area contributed by atoms with E-state index < -0.39 is 0 Å². The molecule has 1 aromatic heterocycles. The Kier molecular flexibility index (Phi) is 5.27. The Morgan fingerprint density at radius 2 is 2.05 bits per heavy atom. The summed E-state index contributed by atoms with van der Waals surface area (Å²) in [5, 5.41) is 11.2. The van der Waals surface area contributed by atoms with Gasteiger partial charge in [-0.3, -0.25) is 0 Å². The van der Waals surface area contributed by atoms with Gasteiger partial charge in [0.15, 0.2) is 0 Å². The molecule has 0 saturated heterocycles. The molecule has 1 N–H and O–H groups in total. The van der Waals surface area contributed by atoms with Gasteiger partial charge < -0.3 is 14.6 Å². The summed E-state index contributed by atoms with van der Waals surface area (Å²) in [6.45, 7) is 6.08. The quantitative estimate of drug-likeness (QED) is 0.850. The number of aromatic nitrogens is 2. The van der Waals surface area contributed by atoms with E-state index in [0.29, 0.717) is 36.5 Å². The maximum atomic E-state index is 13.6. The lowest BCUT2D eigenvalue weighted by atomic mass is 10.2. The van der Waals surface area contributed by atoms with Gasteiger partial charge in [0.1, 0.15) is 5.82 Å². The predicted molar refractivity (Wildman–Crippen MR) is 79.3 cm³/mol. The summed E-state index contributed by atoms with van der Waals surface area (Å²) in [7, 11) is 1.80. The Morgan fingerprint density at radius 3 is 2.76 bits per heavy atom. The Bertz CT molecular complexity index is 570. The highest BCUT2D eigenvalue weighted by Gasteiger charge is 2.12. The number of hydrogen-bond acceptors (Lipinski definition) is 5. The second-order valence-corrected chi connectivity index (χ2v) is 5.45. The summed E-state index contributed by atoms with van der Waals surface area (Å²) >= 11 is 0. The number of rotatable bonds is 7. The molecule has 2 rings (SSSR count). The van der Waals surface area contributed by atoms with Crippen molar-refractivity contribution in [2.75, 3.05) is 18.5 Å². The third-order valence-electron chi connectivity index (χ3n) is 2.98. The van der Waals surface area contributed by atoms with Crippen LogP contribution < -0.4 is 10.2 Å². The van der Waals surface area contributed by atoms with Crippen LogP contribution in [0.25, 0.3) is 0 Å². The van der Waals surface area contributed by atoms with E-state index in [2.05, 4.69) is 29.4 Å². The van der Waals surface area contributed by atoms with Gasteiger partial charge in [0.05, 0.1) is 6.54 Å². The summed E-state index contributed by atoms with van der Waals surface area (Å²) in [5.41, 5.74) is 0.595. The highest BCUT2D eigenvalue weighted by Crippen LogP contribution is 2.15. The Hall–Kier alpha value is -1.95. The fourth-order valence-corrected chi connectivity index (χ4v) is 1.89. The lowest BCUT2D eigenvalue weighted by molar-refractivity contribution is 0.449. The van der Waals surface area contributed by atoms with Crippen LogP contribution in [0.1, 0.15) is 25.3 Å². The van der Waals surface area contributed by atoms with Gasteiger partial charge in [-0.25, -0.2) is 4.39 Å². The second-order valence-electron chi connectivity index (χ2n) is 5.45. The van der Waals surface area contributed by atoms with Crippen LogP contribution in [0, 0.1) is 11.7 Å². The number of hydrogen-bond donors (Lipinski definition) is 1. The van der Waals surface area contributed by atoms with Gasteiger partial charge in [-0.1, -0.05) is 37.1 Å². The molecule has 5 nitrogen and oxygen atoms in total. The van der Waals surface area contributed by atoms with E-state index in [-0.39, 0.29) is 5.82 Å². The van der Waals surface area contributed by atoms with E-state index >= 15 is 0 Å². The molecule has 0 radical (unpaired) electrons. The molecular weight excluding hydrogens is 271 g/mol. The van der Waals surface area contributed by atoms with E-state index in [1.54, 1.807) is 30.1 Å². The van der Waals surface area contributed by atoms with Gasteiger partial charge in [-0.05, 0) is 18.5 Å². The molecule has 0 unspecified atom stereocenters. The molecule has 2 aromatic rings. The lowest BCUT2D eigenvalue weighted by Crippen LogP contribution is -2.19. The van der Waals surface area contributed by atoms with E-state index in [0.717, 1.165) is 6.54 Å². The summed E-state index contributed by atoms with van der Waals surface area (Å²) < 4.78 is 19.2. The molecule has 0 bridgehead atoms. The van der Waals surface area contributed by atoms with Crippen LogP contribution in [-0.2, 0) is 13.1 Å². The predicted octanol–water partition coefficient (Wildman–Crippen LogP) is 2.59. The molecule has 1 aromatic carbocycles. The van der Waals surface area contributed by atoms with Crippen molar-refractivity contribution in [2.45, 2.75) is 26.9 Å². The van der Waals surface area contributed by atoms with Crippen molar-refractivity contribution in [2.24, 2.45) is 5.92 Å². The van der Waals surface area contributed by atoms with Crippen molar-refractivity contribution >= 4 is 6.01 Å². The van der Waals surface area contributed by atoms with Crippen molar-refractivity contribution in [3.8, 4) is 0 Å². The van der Waals surface area contributed by atoms with E-state index in [1.165, 1.54) is 6.07 Å². The molecule has 0 aliphatic rings. The number of halogens is 1. The van der Waals surface area contributed by atoms with Crippen molar-refractivity contribution in [1.82, 2.24) is 15.5 Å². The molecule has 0 amide bonds. The fraction of sp³-hybridized carbons (Fsp3) is 0.467. The molecule has 0 saturated carbocycles. The summed E-state index contributed by atoms with van der Waals surface area (Å²) in [6, 6.07) is 7.05. The highest BCUT2D eigenvalue weighted by atomic mass is 19.1. The van der Waals surface area contributed by atoms with Crippen LogP contribution >= 0.6 is 0 Å². The molecule has 21 heavy (non-hydrogen) atoms. The van der Waals surface area contributed by atoms with Crippen LogP contribution in [0.2, 0.25) is 0 Å². The van der Waals surface area contributed by atoms with Crippen molar-refractivity contribution in [1.29, 1.82) is 0 Å². The molecule has 1 heterocycles. The van der Waals surface area contributed by atoms with Gasteiger partial charge in [-0.2, -0.15) is 0 Å². The van der Waals surface area contributed by atoms with Gasteiger partial charge >= 0.3 is 6.01 Å². The topological polar surface area (TPSA) is 54.2 Å². The molecular formula is C15H21FN4O. The number of nitrogens with one attached hydrogen (secondary N) is 1. The summed E-state index contributed by atoms with van der Waals surface area (Å²) in [4.78, 5) is 1.73. The minimum atomic E-state index is -0.234. The third-order valence-corrected chi connectivity index (χ3v) is 2.98. The van der Waals surface area contributed by atoms with Crippen LogP contribution in [0.3, 0.4) is 0 Å². The first-order chi connectivity index (χ1) is 10.1. The normalized spacial score (nSPS) is 11.1. The third kappa shape index (κ3) is 4.53. The molecule has 0 fully saturated rings. The minimum Gasteiger partial charge on any atom is -0.407 e. The van der Waals surface area contributed by atoms with Crippen LogP contribution in [0.4, 0.5) is 10.4 Å². The Labute approximate surface area is 124 Å². The fourth-order valence-electron chi connectivity index (χ4n) is 1.89. The summed E-state index contributed by atoms with van der Waals surface area (Å²) in [6.07, 6.45) is 0. The molecule has 6 heteroatoms. The Balaban J connectivity index is 1.93. The van der Waals surface area contributed by atoms with Crippen molar-refractivity contribution in [3.63, 3.8) is 0 Å². The van der Waals surface area contributed by atoms with E-state index in [9.17, 15) is 4.39 Å². The molecule has 0 aliphatic carbocycles. The minimum absolute atomic E-state index is 0.234. The van der Waals surface area contributed by atoms with E-state index in [4.69, 9.17) is 4.42 Å². The number of anilines is 1. The van der Waals surface area contributed by atoms with Crippen LogP contribution in [-0.4, -0.2) is 23.8 Å². The largest absolute Gasteiger partial charge is 0.407 e. The zero-order valence-electron chi connectivity index (χ0n) is 12.6. The monoisotopic (exact) mass is 292 g/mol. The van der Waals surface area contributed by atoms with Crippen molar-refractivity contribution in [3.05, 3.63) is 41.5 Å². The SMILES string of the molecule is CC(C)CNCc1nnc(N(C)Cc2ccccc2F)o1. The first-order valence-electron chi connectivity index (χ1n) is 7.04.